The number of hydrogen-bond acceptors (Lipinski definition) is 3. The maximum absolute atomic E-state index is 12.3. The Morgan fingerprint density at radius 3 is 2.61 bits per heavy atom. The van der Waals surface area contributed by atoms with Gasteiger partial charge in [0.2, 0.25) is 0 Å². The normalized spacial score (nSPS) is 20.7. The molecule has 2 N–H and O–H groups in total. The standard InChI is InChI=1S/C17H22N2O3S/c1-17(2,3)12-5-4-11-8-15(19-14(11)9-12)16(20)18-13-6-7-23(21,22)10-13/h4-5,8-9,13,19H,6-7,10H2,1-3H3,(H,18,20). The lowest BCUT2D eigenvalue weighted by Gasteiger charge is -2.18. The molecule has 2 heterocycles. The van der Waals surface area contributed by atoms with Crippen LogP contribution < -0.4 is 5.32 Å². The van der Waals surface area contributed by atoms with Gasteiger partial charge in [0, 0.05) is 16.9 Å². The number of nitrogens with one attached hydrogen (secondary N) is 2. The van der Waals surface area contributed by atoms with Crippen molar-refractivity contribution in [2.75, 3.05) is 11.5 Å². The molecule has 1 unspecified atom stereocenters. The van der Waals surface area contributed by atoms with E-state index in [0.29, 0.717) is 12.1 Å². The van der Waals surface area contributed by atoms with Crippen molar-refractivity contribution in [3.05, 3.63) is 35.5 Å². The van der Waals surface area contributed by atoms with E-state index in [4.69, 9.17) is 0 Å². The molecule has 1 fully saturated rings. The highest BCUT2D eigenvalue weighted by Crippen LogP contribution is 2.26. The van der Waals surface area contributed by atoms with Crippen LogP contribution in [0.15, 0.2) is 24.3 Å². The molecule has 0 aliphatic carbocycles. The number of aromatic nitrogens is 1. The minimum absolute atomic E-state index is 0.0349. The van der Waals surface area contributed by atoms with Gasteiger partial charge in [-0.2, -0.15) is 0 Å². The number of H-pyrrole nitrogens is 1. The Labute approximate surface area is 136 Å². The van der Waals surface area contributed by atoms with Crippen LogP contribution >= 0.6 is 0 Å². The predicted molar refractivity (Wildman–Crippen MR) is 91.5 cm³/mol. The Bertz CT molecular complexity index is 860. The molecule has 0 spiro atoms. The minimum atomic E-state index is -2.99. The molecule has 6 heteroatoms. The van der Waals surface area contributed by atoms with E-state index in [1.807, 2.05) is 6.07 Å². The molecule has 1 aliphatic rings. The average Bonchev–Trinajstić information content (AvgIpc) is 3.00. The highest BCUT2D eigenvalue weighted by atomic mass is 32.2. The van der Waals surface area contributed by atoms with Gasteiger partial charge in [-0.05, 0) is 29.5 Å². The summed E-state index contributed by atoms with van der Waals surface area (Å²) < 4.78 is 22.9. The number of fused-ring (bicyclic) bond motifs is 1. The second-order valence-corrected chi connectivity index (χ2v) is 9.54. The third-order valence-electron chi connectivity index (χ3n) is 4.30. The van der Waals surface area contributed by atoms with Gasteiger partial charge in [0.15, 0.2) is 9.84 Å². The maximum atomic E-state index is 12.3. The number of benzene rings is 1. The summed E-state index contributed by atoms with van der Waals surface area (Å²) in [5, 5.41) is 3.78. The van der Waals surface area contributed by atoms with Crippen molar-refractivity contribution in [3.8, 4) is 0 Å². The van der Waals surface area contributed by atoms with E-state index >= 15 is 0 Å². The van der Waals surface area contributed by atoms with E-state index in [9.17, 15) is 13.2 Å². The molecular formula is C17H22N2O3S. The molecule has 0 saturated carbocycles. The molecule has 1 saturated heterocycles. The Balaban J connectivity index is 1.81. The lowest BCUT2D eigenvalue weighted by Crippen LogP contribution is -2.35. The fourth-order valence-electron chi connectivity index (χ4n) is 2.89. The molecule has 1 aromatic heterocycles. The molecule has 124 valence electrons. The van der Waals surface area contributed by atoms with E-state index in [0.717, 1.165) is 10.9 Å². The molecule has 1 aromatic carbocycles. The molecule has 0 radical (unpaired) electrons. The Morgan fingerprint density at radius 2 is 2.00 bits per heavy atom. The molecule has 2 aromatic rings. The Hall–Kier alpha value is -1.82. The SMILES string of the molecule is CC(C)(C)c1ccc2cc(C(=O)NC3CCS(=O)(=O)C3)[nH]c2c1. The van der Waals surface area contributed by atoms with Crippen LogP contribution in [0.25, 0.3) is 10.9 Å². The van der Waals surface area contributed by atoms with Crippen LogP contribution in [0.2, 0.25) is 0 Å². The first-order valence-corrected chi connectivity index (χ1v) is 9.61. The second kappa shape index (κ2) is 5.37. The van der Waals surface area contributed by atoms with Gasteiger partial charge in [0.05, 0.1) is 11.5 Å². The summed E-state index contributed by atoms with van der Waals surface area (Å²) in [5.74, 6) is -0.0622. The third-order valence-corrected chi connectivity index (χ3v) is 6.07. The first-order valence-electron chi connectivity index (χ1n) is 7.79. The molecular weight excluding hydrogens is 312 g/mol. The van der Waals surface area contributed by atoms with E-state index in [2.05, 4.69) is 43.2 Å². The topological polar surface area (TPSA) is 79.0 Å². The van der Waals surface area contributed by atoms with Crippen molar-refractivity contribution in [2.24, 2.45) is 0 Å². The summed E-state index contributed by atoms with van der Waals surface area (Å²) in [6.07, 6.45) is 0.489. The van der Waals surface area contributed by atoms with Crippen LogP contribution in [-0.4, -0.2) is 36.9 Å². The van der Waals surface area contributed by atoms with Gasteiger partial charge < -0.3 is 10.3 Å². The van der Waals surface area contributed by atoms with E-state index < -0.39 is 9.84 Å². The quantitative estimate of drug-likeness (QED) is 0.885. The zero-order chi connectivity index (χ0) is 16.8. The Morgan fingerprint density at radius 1 is 1.26 bits per heavy atom. The van der Waals surface area contributed by atoms with Crippen LogP contribution in [0.1, 0.15) is 43.2 Å². The monoisotopic (exact) mass is 334 g/mol. The highest BCUT2D eigenvalue weighted by molar-refractivity contribution is 7.91. The van der Waals surface area contributed by atoms with Gasteiger partial charge in [-0.1, -0.05) is 32.9 Å². The number of carbonyl (C=O) groups is 1. The maximum Gasteiger partial charge on any atom is 0.267 e. The molecule has 5 nitrogen and oxygen atoms in total. The minimum Gasteiger partial charge on any atom is -0.351 e. The summed E-state index contributed by atoms with van der Waals surface area (Å²) in [7, 11) is -2.99. The van der Waals surface area contributed by atoms with Crippen molar-refractivity contribution < 1.29 is 13.2 Å². The third kappa shape index (κ3) is 3.42. The molecule has 1 atom stereocenters. The summed E-state index contributed by atoms with van der Waals surface area (Å²) >= 11 is 0. The number of rotatable bonds is 2. The van der Waals surface area contributed by atoms with Crippen molar-refractivity contribution in [3.63, 3.8) is 0 Å². The smallest absolute Gasteiger partial charge is 0.267 e. The van der Waals surface area contributed by atoms with E-state index in [-0.39, 0.29) is 28.9 Å². The average molecular weight is 334 g/mol. The van der Waals surface area contributed by atoms with E-state index in [1.54, 1.807) is 6.07 Å². The summed E-state index contributed by atoms with van der Waals surface area (Å²) in [6.45, 7) is 6.43. The Kier molecular flexibility index (Phi) is 3.75. The van der Waals surface area contributed by atoms with Gasteiger partial charge in [0.25, 0.3) is 5.91 Å². The number of sulfone groups is 1. The van der Waals surface area contributed by atoms with Crippen molar-refractivity contribution >= 4 is 26.6 Å². The number of amides is 1. The number of hydrogen-bond donors (Lipinski definition) is 2. The van der Waals surface area contributed by atoms with Gasteiger partial charge in [-0.3, -0.25) is 4.79 Å². The summed E-state index contributed by atoms with van der Waals surface area (Å²) in [5.41, 5.74) is 2.62. The second-order valence-electron chi connectivity index (χ2n) is 7.31. The number of carbonyl (C=O) groups excluding carboxylic acids is 1. The van der Waals surface area contributed by atoms with Crippen molar-refractivity contribution in [2.45, 2.75) is 38.6 Å². The van der Waals surface area contributed by atoms with Crippen LogP contribution in [0.3, 0.4) is 0 Å². The molecule has 23 heavy (non-hydrogen) atoms. The van der Waals surface area contributed by atoms with Crippen LogP contribution in [0, 0.1) is 0 Å². The number of aromatic amines is 1. The predicted octanol–water partition coefficient (Wildman–Crippen LogP) is 2.38. The molecule has 0 bridgehead atoms. The highest BCUT2D eigenvalue weighted by Gasteiger charge is 2.29. The lowest BCUT2D eigenvalue weighted by molar-refractivity contribution is 0.0937. The van der Waals surface area contributed by atoms with E-state index in [1.165, 1.54) is 5.56 Å². The van der Waals surface area contributed by atoms with Crippen molar-refractivity contribution in [1.82, 2.24) is 10.3 Å². The van der Waals surface area contributed by atoms with Crippen LogP contribution in [-0.2, 0) is 15.3 Å². The van der Waals surface area contributed by atoms with Gasteiger partial charge >= 0.3 is 0 Å². The molecule has 1 amide bonds. The zero-order valence-corrected chi connectivity index (χ0v) is 14.5. The van der Waals surface area contributed by atoms with Gasteiger partial charge in [-0.15, -0.1) is 0 Å². The molecule has 3 rings (SSSR count). The van der Waals surface area contributed by atoms with Crippen LogP contribution in [0.5, 0.6) is 0 Å². The zero-order valence-electron chi connectivity index (χ0n) is 13.6. The summed E-state index contributed by atoms with van der Waals surface area (Å²) in [4.78, 5) is 15.5. The van der Waals surface area contributed by atoms with Crippen molar-refractivity contribution in [1.29, 1.82) is 0 Å². The van der Waals surface area contributed by atoms with Gasteiger partial charge in [0.1, 0.15) is 5.69 Å². The summed E-state index contributed by atoms with van der Waals surface area (Å²) in [6, 6.07) is 7.65. The fourth-order valence-corrected chi connectivity index (χ4v) is 4.56. The first-order chi connectivity index (χ1) is 10.6. The largest absolute Gasteiger partial charge is 0.351 e. The van der Waals surface area contributed by atoms with Gasteiger partial charge in [-0.25, -0.2) is 8.42 Å². The molecule has 1 aliphatic heterocycles. The first kappa shape index (κ1) is 16.1. The lowest BCUT2D eigenvalue weighted by atomic mass is 9.87. The van der Waals surface area contributed by atoms with Crippen LogP contribution in [0.4, 0.5) is 0 Å². The fraction of sp³-hybridized carbons (Fsp3) is 0.471.